The van der Waals surface area contributed by atoms with Crippen molar-refractivity contribution in [3.63, 3.8) is 0 Å². The molecule has 0 fully saturated rings. The molecule has 0 aliphatic heterocycles. The molecule has 0 spiro atoms. The maximum atomic E-state index is 13.1. The van der Waals surface area contributed by atoms with Gasteiger partial charge in [0, 0.05) is 6.20 Å². The minimum atomic E-state index is -1.13. The molecule has 0 saturated carbocycles. The maximum absolute atomic E-state index is 13.1. The minimum Gasteiger partial charge on any atom is -0.477 e. The van der Waals surface area contributed by atoms with Crippen LogP contribution in [0.1, 0.15) is 10.5 Å². The van der Waals surface area contributed by atoms with Gasteiger partial charge in [0.1, 0.15) is 18.1 Å². The number of nitrogens with zero attached hydrogens (tertiary/aromatic N) is 1. The van der Waals surface area contributed by atoms with E-state index in [1.807, 2.05) is 0 Å². The molecule has 2 aromatic rings. The van der Waals surface area contributed by atoms with E-state index in [1.165, 1.54) is 35.0 Å². The molecule has 1 aromatic heterocycles. The molecule has 0 unspecified atom stereocenters. The van der Waals surface area contributed by atoms with Crippen LogP contribution in [-0.4, -0.2) is 21.6 Å². The number of carboxylic acids is 1. The summed E-state index contributed by atoms with van der Waals surface area (Å²) < 4.78 is 14.3. The lowest BCUT2D eigenvalue weighted by Gasteiger charge is -2.09. The number of carboxylic acid groups (broad SMARTS) is 1. The largest absolute Gasteiger partial charge is 0.477 e. The van der Waals surface area contributed by atoms with Gasteiger partial charge in [-0.1, -0.05) is 11.6 Å². The Labute approximate surface area is 118 Å². The van der Waals surface area contributed by atoms with Gasteiger partial charge in [0.25, 0.3) is 0 Å². The van der Waals surface area contributed by atoms with Gasteiger partial charge < -0.3 is 15.0 Å². The number of amides is 1. The molecule has 5 nitrogen and oxygen atoms in total. The van der Waals surface area contributed by atoms with Gasteiger partial charge in [0.2, 0.25) is 5.91 Å². The molecule has 104 valence electrons. The highest BCUT2D eigenvalue weighted by Crippen LogP contribution is 2.22. The summed E-state index contributed by atoms with van der Waals surface area (Å²) in [7, 11) is 0. The lowest BCUT2D eigenvalue weighted by molar-refractivity contribution is -0.116. The van der Waals surface area contributed by atoms with Crippen LogP contribution >= 0.6 is 11.6 Å². The molecule has 1 amide bonds. The highest BCUT2D eigenvalue weighted by molar-refractivity contribution is 6.33. The molecule has 0 aliphatic rings. The fraction of sp³-hybridized carbons (Fsp3) is 0.0769. The summed E-state index contributed by atoms with van der Waals surface area (Å²) in [5.41, 5.74) is 0.131. The molecule has 0 radical (unpaired) electrons. The Kier molecular flexibility index (Phi) is 4.05. The van der Waals surface area contributed by atoms with Gasteiger partial charge in [-0.2, -0.15) is 0 Å². The third-order valence-electron chi connectivity index (χ3n) is 2.57. The average Bonchev–Trinajstić information content (AvgIpc) is 2.82. The van der Waals surface area contributed by atoms with E-state index in [2.05, 4.69) is 5.32 Å². The molecule has 1 heterocycles. The highest BCUT2D eigenvalue weighted by atomic mass is 35.5. The second kappa shape index (κ2) is 5.75. The molecule has 2 rings (SSSR count). The van der Waals surface area contributed by atoms with Crippen LogP contribution in [0.25, 0.3) is 0 Å². The summed E-state index contributed by atoms with van der Waals surface area (Å²) in [6.45, 7) is -0.207. The van der Waals surface area contributed by atoms with Gasteiger partial charge in [0.15, 0.2) is 0 Å². The smallest absolute Gasteiger partial charge is 0.352 e. The predicted molar refractivity (Wildman–Crippen MR) is 71.4 cm³/mol. The topological polar surface area (TPSA) is 71.3 Å². The number of anilines is 1. The maximum Gasteiger partial charge on any atom is 0.352 e. The quantitative estimate of drug-likeness (QED) is 0.911. The van der Waals surface area contributed by atoms with Crippen LogP contribution in [0.4, 0.5) is 10.1 Å². The van der Waals surface area contributed by atoms with Crippen LogP contribution in [0.15, 0.2) is 36.5 Å². The van der Waals surface area contributed by atoms with Crippen molar-refractivity contribution in [3.8, 4) is 0 Å². The fourth-order valence-electron chi connectivity index (χ4n) is 1.68. The van der Waals surface area contributed by atoms with Crippen LogP contribution in [0.3, 0.4) is 0 Å². The van der Waals surface area contributed by atoms with E-state index in [9.17, 15) is 14.0 Å². The van der Waals surface area contributed by atoms with Crippen molar-refractivity contribution in [3.05, 3.63) is 53.1 Å². The lowest BCUT2D eigenvalue weighted by atomic mass is 10.3. The molecule has 0 saturated heterocycles. The van der Waals surface area contributed by atoms with Crippen molar-refractivity contribution in [2.45, 2.75) is 6.54 Å². The van der Waals surface area contributed by atoms with Crippen LogP contribution in [-0.2, 0) is 11.3 Å². The number of carbonyl (C=O) groups is 2. The van der Waals surface area contributed by atoms with E-state index < -0.39 is 17.7 Å². The van der Waals surface area contributed by atoms with Crippen molar-refractivity contribution in [2.75, 3.05) is 5.32 Å². The standard InChI is InChI=1S/C13H10ClFN2O3/c14-9-4-3-8(15)6-10(9)16-12(18)7-17-5-1-2-11(17)13(19)20/h1-6H,7H2,(H,16,18)(H,19,20). The predicted octanol–water partition coefficient (Wildman–Crippen LogP) is 2.62. The van der Waals surface area contributed by atoms with Crippen LogP contribution in [0, 0.1) is 5.82 Å². The van der Waals surface area contributed by atoms with Gasteiger partial charge >= 0.3 is 5.97 Å². The van der Waals surface area contributed by atoms with Crippen LogP contribution < -0.4 is 5.32 Å². The SMILES string of the molecule is O=C(Cn1cccc1C(=O)O)Nc1cc(F)ccc1Cl. The van der Waals surface area contributed by atoms with E-state index in [0.29, 0.717) is 0 Å². The van der Waals surface area contributed by atoms with Gasteiger partial charge in [-0.05, 0) is 30.3 Å². The first-order chi connectivity index (χ1) is 9.47. The monoisotopic (exact) mass is 296 g/mol. The number of rotatable bonds is 4. The number of carbonyl (C=O) groups excluding carboxylic acids is 1. The summed E-state index contributed by atoms with van der Waals surface area (Å²) in [4.78, 5) is 22.7. The van der Waals surface area contributed by atoms with E-state index in [-0.39, 0.29) is 22.9 Å². The van der Waals surface area contributed by atoms with Crippen molar-refractivity contribution in [1.29, 1.82) is 0 Å². The number of aromatic nitrogens is 1. The van der Waals surface area contributed by atoms with Crippen molar-refractivity contribution >= 4 is 29.2 Å². The first-order valence-electron chi connectivity index (χ1n) is 5.60. The molecule has 20 heavy (non-hydrogen) atoms. The Balaban J connectivity index is 2.11. The van der Waals surface area contributed by atoms with E-state index in [1.54, 1.807) is 0 Å². The molecule has 7 heteroatoms. The number of hydrogen-bond donors (Lipinski definition) is 2. The summed E-state index contributed by atoms with van der Waals surface area (Å²) in [6.07, 6.45) is 1.47. The van der Waals surface area contributed by atoms with Crippen molar-refractivity contribution in [2.24, 2.45) is 0 Å². The zero-order valence-corrected chi connectivity index (χ0v) is 10.9. The zero-order chi connectivity index (χ0) is 14.7. The van der Waals surface area contributed by atoms with Crippen molar-refractivity contribution in [1.82, 2.24) is 4.57 Å². The number of benzene rings is 1. The highest BCUT2D eigenvalue weighted by Gasteiger charge is 2.12. The summed E-state index contributed by atoms with van der Waals surface area (Å²) in [5, 5.41) is 11.5. The third-order valence-corrected chi connectivity index (χ3v) is 2.89. The van der Waals surface area contributed by atoms with Crippen LogP contribution in [0.5, 0.6) is 0 Å². The number of aromatic carboxylic acids is 1. The molecule has 0 bridgehead atoms. The Morgan fingerprint density at radius 3 is 2.80 bits per heavy atom. The fourth-order valence-corrected chi connectivity index (χ4v) is 1.85. The summed E-state index contributed by atoms with van der Waals surface area (Å²) >= 11 is 5.82. The molecule has 0 aliphatic carbocycles. The number of hydrogen-bond acceptors (Lipinski definition) is 2. The van der Waals surface area contributed by atoms with Gasteiger partial charge in [-0.15, -0.1) is 0 Å². The summed E-state index contributed by atoms with van der Waals surface area (Å²) in [5.74, 6) is -2.17. The number of nitrogens with one attached hydrogen (secondary N) is 1. The van der Waals surface area contributed by atoms with E-state index in [4.69, 9.17) is 16.7 Å². The lowest BCUT2D eigenvalue weighted by Crippen LogP contribution is -2.21. The first kappa shape index (κ1) is 14.1. The third kappa shape index (κ3) is 3.16. The van der Waals surface area contributed by atoms with Gasteiger partial charge in [0.05, 0.1) is 10.7 Å². The molecular formula is C13H10ClFN2O3. The average molecular weight is 297 g/mol. The molecule has 1 aromatic carbocycles. The number of halogens is 2. The van der Waals surface area contributed by atoms with E-state index in [0.717, 1.165) is 6.07 Å². The second-order valence-electron chi connectivity index (χ2n) is 4.00. The Hall–Kier alpha value is -2.34. The van der Waals surface area contributed by atoms with Gasteiger partial charge in [-0.25, -0.2) is 9.18 Å². The zero-order valence-electron chi connectivity index (χ0n) is 10.1. The Morgan fingerprint density at radius 2 is 2.10 bits per heavy atom. The Bertz CT molecular complexity index is 669. The summed E-state index contributed by atoms with van der Waals surface area (Å²) in [6, 6.07) is 6.49. The molecule has 0 atom stereocenters. The normalized spacial score (nSPS) is 10.3. The molecule has 2 N–H and O–H groups in total. The second-order valence-corrected chi connectivity index (χ2v) is 4.41. The van der Waals surface area contributed by atoms with Crippen molar-refractivity contribution < 1.29 is 19.1 Å². The minimum absolute atomic E-state index is 0.00881. The first-order valence-corrected chi connectivity index (χ1v) is 5.98. The Morgan fingerprint density at radius 1 is 1.35 bits per heavy atom. The van der Waals surface area contributed by atoms with Gasteiger partial charge in [-0.3, -0.25) is 4.79 Å². The van der Waals surface area contributed by atoms with E-state index >= 15 is 0 Å². The van der Waals surface area contributed by atoms with Crippen LogP contribution in [0.2, 0.25) is 5.02 Å². The molecular weight excluding hydrogens is 287 g/mol.